The molecule has 6 rings (SSSR count). The molecule has 4 aliphatic heterocycles. The zero-order chi connectivity index (χ0) is 25.1. The third-order valence-electron chi connectivity index (χ3n) is 7.90. The lowest BCUT2D eigenvalue weighted by molar-refractivity contribution is -0.339. The highest BCUT2D eigenvalue weighted by molar-refractivity contribution is 5.96. The summed E-state index contributed by atoms with van der Waals surface area (Å²) in [4.78, 5) is 23.2. The van der Waals surface area contributed by atoms with Gasteiger partial charge in [-0.25, -0.2) is 4.98 Å². The van der Waals surface area contributed by atoms with Crippen molar-refractivity contribution >= 4 is 16.9 Å². The van der Waals surface area contributed by atoms with E-state index in [0.717, 1.165) is 23.1 Å². The summed E-state index contributed by atoms with van der Waals surface area (Å²) in [5.41, 5.74) is 3.50. The lowest BCUT2D eigenvalue weighted by Crippen LogP contribution is -2.60. The molecule has 6 heterocycles. The lowest BCUT2D eigenvalue weighted by atomic mass is 9.74. The van der Waals surface area contributed by atoms with Crippen LogP contribution in [0.5, 0.6) is 0 Å². The van der Waals surface area contributed by atoms with Crippen molar-refractivity contribution in [1.82, 2.24) is 14.9 Å². The van der Waals surface area contributed by atoms with Crippen LogP contribution in [0.3, 0.4) is 0 Å². The second-order valence-corrected chi connectivity index (χ2v) is 9.75. The second-order valence-electron chi connectivity index (χ2n) is 9.75. The van der Waals surface area contributed by atoms with Crippen LogP contribution >= 0.6 is 0 Å². The molecule has 4 aliphatic rings. The Morgan fingerprint density at radius 1 is 1.25 bits per heavy atom. The molecule has 2 aromatic rings. The van der Waals surface area contributed by atoms with Gasteiger partial charge in [0.1, 0.15) is 30.1 Å². The second kappa shape index (κ2) is 8.94. The number of rotatable bonds is 4. The number of nitrogens with one attached hydrogen (secondary N) is 1. The fraction of sp³-hybridized carbons (Fsp3) is 0.520. The Balaban J connectivity index is 1.28. The predicted molar refractivity (Wildman–Crippen MR) is 124 cm³/mol. The number of aromatic nitrogens is 2. The van der Waals surface area contributed by atoms with Gasteiger partial charge in [0.25, 0.3) is 5.91 Å². The van der Waals surface area contributed by atoms with Crippen molar-refractivity contribution in [2.75, 3.05) is 13.2 Å². The number of hydrogen-bond acceptors (Lipinski definition) is 9. The third-order valence-corrected chi connectivity index (χ3v) is 7.90. The highest BCUT2D eigenvalue weighted by Crippen LogP contribution is 2.48. The lowest BCUT2D eigenvalue weighted by Gasteiger charge is -2.48. The average Bonchev–Trinajstić information content (AvgIpc) is 3.28. The molecule has 11 nitrogen and oxygen atoms in total. The molecule has 0 aliphatic carbocycles. The van der Waals surface area contributed by atoms with E-state index < -0.39 is 49.5 Å². The molecule has 0 bridgehead atoms. The molecule has 0 unspecified atom stereocenters. The predicted octanol–water partition coefficient (Wildman–Crippen LogP) is -0.133. The van der Waals surface area contributed by atoms with Gasteiger partial charge in [-0.2, -0.15) is 0 Å². The minimum Gasteiger partial charge on any atom is -0.471 e. The first-order valence-electron chi connectivity index (χ1n) is 12.1. The fourth-order valence-electron chi connectivity index (χ4n) is 6.01. The standard InChI is InChI=1S/C25H29N3O8/c1-2-11-14-8-16-18-12(13-4-3-6-26-22(13)27-18)5-7-28(16)23(33)15(14)10-34-24(11)36-25-21(32)20(31)19(30)17(9-29)35-25/h2-4,6,10-11,14,16-17,19-21,24-25,29-32H,1,5,7-9H2,(H,26,27)/t11-,14+,16+,17-,19-,20+,21-,24+,25-/m1/s1. The number of ether oxygens (including phenoxy) is 3. The number of carbonyl (C=O) groups is 1. The molecular weight excluding hydrogens is 470 g/mol. The number of aliphatic hydroxyl groups excluding tert-OH is 4. The van der Waals surface area contributed by atoms with E-state index in [1.807, 2.05) is 17.0 Å². The SMILES string of the molecule is C=C[C@H]1[C@H](O[C@H]2O[C@H](CO)[C@@H](O)[C@H](O)[C@H]2O)OC=C2C(=O)N3CCc4c([nH]c5ncccc45)[C@@H]3C[C@H]21. The first-order chi connectivity index (χ1) is 17.4. The van der Waals surface area contributed by atoms with Gasteiger partial charge in [0.05, 0.1) is 24.5 Å². The van der Waals surface area contributed by atoms with Crippen molar-refractivity contribution in [3.63, 3.8) is 0 Å². The van der Waals surface area contributed by atoms with Crippen LogP contribution in [-0.4, -0.2) is 91.3 Å². The van der Waals surface area contributed by atoms with Crippen LogP contribution in [0.2, 0.25) is 0 Å². The number of aromatic amines is 1. The minimum absolute atomic E-state index is 0.105. The normalized spacial score (nSPS) is 38.0. The van der Waals surface area contributed by atoms with E-state index in [1.54, 1.807) is 12.3 Å². The van der Waals surface area contributed by atoms with Crippen molar-refractivity contribution in [2.45, 2.75) is 55.9 Å². The van der Waals surface area contributed by atoms with Gasteiger partial charge in [0.15, 0.2) is 6.29 Å². The number of carbonyl (C=O) groups excluding carboxylic acids is 1. The summed E-state index contributed by atoms with van der Waals surface area (Å²) in [6.07, 6.45) is -1.93. The van der Waals surface area contributed by atoms with Crippen molar-refractivity contribution < 1.29 is 39.4 Å². The van der Waals surface area contributed by atoms with Gasteiger partial charge in [-0.1, -0.05) is 6.08 Å². The molecular formula is C25H29N3O8. The van der Waals surface area contributed by atoms with E-state index >= 15 is 0 Å². The molecule has 1 amide bonds. The summed E-state index contributed by atoms with van der Waals surface area (Å²) in [6, 6.07) is 3.77. The number of H-pyrrole nitrogens is 1. The average molecular weight is 500 g/mol. The number of hydrogen-bond donors (Lipinski definition) is 5. The van der Waals surface area contributed by atoms with Crippen molar-refractivity contribution in [3.8, 4) is 0 Å². The maximum Gasteiger partial charge on any atom is 0.253 e. The highest BCUT2D eigenvalue weighted by atomic mass is 16.8. The van der Waals surface area contributed by atoms with Crippen LogP contribution in [0, 0.1) is 11.8 Å². The molecule has 2 fully saturated rings. The molecule has 0 radical (unpaired) electrons. The topological polar surface area (TPSA) is 158 Å². The molecule has 11 heteroatoms. The first-order valence-corrected chi connectivity index (χ1v) is 12.1. The van der Waals surface area contributed by atoms with Crippen LogP contribution in [0.1, 0.15) is 23.7 Å². The fourth-order valence-corrected chi connectivity index (χ4v) is 6.01. The molecule has 5 N–H and O–H groups in total. The minimum atomic E-state index is -1.57. The molecule has 9 atom stereocenters. The Labute approximate surface area is 206 Å². The summed E-state index contributed by atoms with van der Waals surface area (Å²) >= 11 is 0. The number of piperidine rings is 1. The summed E-state index contributed by atoms with van der Waals surface area (Å²) in [5.74, 6) is -0.840. The van der Waals surface area contributed by atoms with Gasteiger partial charge in [-0.15, -0.1) is 6.58 Å². The molecule has 36 heavy (non-hydrogen) atoms. The summed E-state index contributed by atoms with van der Waals surface area (Å²) in [5, 5.41) is 41.1. The Morgan fingerprint density at radius 3 is 2.86 bits per heavy atom. The van der Waals surface area contributed by atoms with Gasteiger partial charge in [-0.3, -0.25) is 4.79 Å². The van der Waals surface area contributed by atoms with Crippen LogP contribution in [0.15, 0.2) is 42.8 Å². The molecule has 2 saturated heterocycles. The van der Waals surface area contributed by atoms with E-state index in [-0.39, 0.29) is 17.9 Å². The van der Waals surface area contributed by atoms with Crippen molar-refractivity contribution in [3.05, 3.63) is 54.1 Å². The largest absolute Gasteiger partial charge is 0.471 e. The first kappa shape index (κ1) is 23.6. The maximum atomic E-state index is 13.5. The zero-order valence-electron chi connectivity index (χ0n) is 19.4. The molecule has 2 aromatic heterocycles. The van der Waals surface area contributed by atoms with Gasteiger partial charge < -0.3 is 44.5 Å². The van der Waals surface area contributed by atoms with Crippen LogP contribution < -0.4 is 0 Å². The molecule has 0 aromatic carbocycles. The van der Waals surface area contributed by atoms with E-state index in [1.165, 1.54) is 11.8 Å². The highest BCUT2D eigenvalue weighted by Gasteiger charge is 2.51. The summed E-state index contributed by atoms with van der Waals surface area (Å²) < 4.78 is 17.2. The number of pyridine rings is 1. The van der Waals surface area contributed by atoms with E-state index in [2.05, 4.69) is 16.5 Å². The summed E-state index contributed by atoms with van der Waals surface area (Å²) in [7, 11) is 0. The van der Waals surface area contributed by atoms with Crippen LogP contribution in [0.25, 0.3) is 11.0 Å². The molecule has 192 valence electrons. The van der Waals surface area contributed by atoms with Crippen LogP contribution in [0.4, 0.5) is 0 Å². The quantitative estimate of drug-likeness (QED) is 0.361. The van der Waals surface area contributed by atoms with E-state index in [0.29, 0.717) is 18.5 Å². The number of aliphatic hydroxyl groups is 4. The van der Waals surface area contributed by atoms with Crippen molar-refractivity contribution in [2.24, 2.45) is 11.8 Å². The third kappa shape index (κ3) is 3.50. The smallest absolute Gasteiger partial charge is 0.253 e. The zero-order valence-corrected chi connectivity index (χ0v) is 19.4. The van der Waals surface area contributed by atoms with Gasteiger partial charge in [0, 0.05) is 35.7 Å². The Hall–Kier alpha value is -2.80. The number of amides is 1. The number of nitrogens with zero attached hydrogens (tertiary/aromatic N) is 2. The number of fused-ring (bicyclic) bond motifs is 6. The van der Waals surface area contributed by atoms with Crippen LogP contribution in [-0.2, 0) is 25.4 Å². The Kier molecular flexibility index (Phi) is 5.86. The molecule has 0 saturated carbocycles. The van der Waals surface area contributed by atoms with Gasteiger partial charge in [-0.05, 0) is 30.5 Å². The maximum absolute atomic E-state index is 13.5. The van der Waals surface area contributed by atoms with Crippen molar-refractivity contribution in [1.29, 1.82) is 0 Å². The monoisotopic (exact) mass is 499 g/mol. The Morgan fingerprint density at radius 2 is 2.08 bits per heavy atom. The van der Waals surface area contributed by atoms with Gasteiger partial charge >= 0.3 is 0 Å². The van der Waals surface area contributed by atoms with E-state index in [9.17, 15) is 25.2 Å². The van der Waals surface area contributed by atoms with Gasteiger partial charge in [0.2, 0.25) is 6.29 Å². The molecule has 0 spiro atoms. The Bertz CT molecular complexity index is 1210. The van der Waals surface area contributed by atoms with E-state index in [4.69, 9.17) is 14.2 Å². The summed E-state index contributed by atoms with van der Waals surface area (Å²) in [6.45, 7) is 3.96.